The second-order valence-electron chi connectivity index (χ2n) is 5.48. The summed E-state index contributed by atoms with van der Waals surface area (Å²) in [6.45, 7) is 3.91. The number of alkyl halides is 1. The first-order valence-electron chi connectivity index (χ1n) is 7.69. The van der Waals surface area contributed by atoms with E-state index in [2.05, 4.69) is 28.1 Å². The number of carbonyl (C=O) groups excluding carboxylic acids is 1. The summed E-state index contributed by atoms with van der Waals surface area (Å²) >= 11 is 3.42. The van der Waals surface area contributed by atoms with Crippen LogP contribution in [0.5, 0.6) is 11.5 Å². The van der Waals surface area contributed by atoms with Crippen molar-refractivity contribution < 1.29 is 14.6 Å². The number of halogens is 1. The summed E-state index contributed by atoms with van der Waals surface area (Å²) in [5.41, 5.74) is 3.33. The minimum Gasteiger partial charge on any atom is -0.507 e. The van der Waals surface area contributed by atoms with Gasteiger partial charge in [0.1, 0.15) is 18.1 Å². The molecule has 0 amide bonds. The van der Waals surface area contributed by atoms with Crippen molar-refractivity contribution in [1.82, 2.24) is 0 Å². The Labute approximate surface area is 145 Å². The molecule has 0 aliphatic carbocycles. The number of phenolic OH excluding ortho intramolecular Hbond substituents is 1. The molecule has 0 bridgehead atoms. The molecule has 0 saturated carbocycles. The lowest BCUT2D eigenvalue weighted by atomic mass is 10.0. The van der Waals surface area contributed by atoms with Crippen LogP contribution in [0.2, 0.25) is 0 Å². The molecule has 4 heteroatoms. The number of phenols is 1. The van der Waals surface area contributed by atoms with Crippen molar-refractivity contribution in [2.24, 2.45) is 0 Å². The molecular formula is C19H21BrO3. The Balaban J connectivity index is 2.20. The Hall–Kier alpha value is -1.81. The molecule has 3 nitrogen and oxygen atoms in total. The molecule has 23 heavy (non-hydrogen) atoms. The molecule has 0 atom stereocenters. The van der Waals surface area contributed by atoms with E-state index in [-0.39, 0.29) is 11.5 Å². The van der Waals surface area contributed by atoms with Gasteiger partial charge >= 0.3 is 0 Å². The second kappa shape index (κ2) is 8.16. The number of ether oxygens (including phenoxy) is 1. The first kappa shape index (κ1) is 17.5. The van der Waals surface area contributed by atoms with Crippen LogP contribution in [0.25, 0.3) is 0 Å². The molecule has 122 valence electrons. The number of hydrogen-bond acceptors (Lipinski definition) is 3. The number of ketones is 1. The van der Waals surface area contributed by atoms with Gasteiger partial charge in [0, 0.05) is 10.9 Å². The maximum absolute atomic E-state index is 11.6. The highest BCUT2D eigenvalue weighted by atomic mass is 79.9. The van der Waals surface area contributed by atoms with Crippen LogP contribution in [-0.2, 0) is 18.4 Å². The maximum Gasteiger partial charge on any atom is 0.163 e. The fraction of sp³-hybridized carbons (Fsp3) is 0.316. The summed E-state index contributed by atoms with van der Waals surface area (Å²) in [5, 5.41) is 11.2. The summed E-state index contributed by atoms with van der Waals surface area (Å²) in [6, 6.07) is 11.6. The Morgan fingerprint density at radius 1 is 1.13 bits per heavy atom. The minimum absolute atomic E-state index is 0.0477. The van der Waals surface area contributed by atoms with Gasteiger partial charge in [-0.2, -0.15) is 0 Å². The Morgan fingerprint density at radius 2 is 1.78 bits per heavy atom. The highest BCUT2D eigenvalue weighted by Gasteiger charge is 2.15. The van der Waals surface area contributed by atoms with Crippen molar-refractivity contribution in [3.63, 3.8) is 0 Å². The predicted molar refractivity (Wildman–Crippen MR) is 95.5 cm³/mol. The lowest BCUT2D eigenvalue weighted by Crippen LogP contribution is -2.02. The van der Waals surface area contributed by atoms with E-state index in [9.17, 15) is 9.90 Å². The van der Waals surface area contributed by atoms with Crippen molar-refractivity contribution in [3.8, 4) is 11.5 Å². The predicted octanol–water partition coefficient (Wildman–Crippen LogP) is 5.02. The van der Waals surface area contributed by atoms with Crippen molar-refractivity contribution in [2.45, 2.75) is 38.6 Å². The largest absolute Gasteiger partial charge is 0.507 e. The highest BCUT2D eigenvalue weighted by Crippen LogP contribution is 2.33. The third kappa shape index (κ3) is 4.35. The number of aromatic hydroxyl groups is 1. The molecular weight excluding hydrogens is 356 g/mol. The standard InChI is InChI=1S/C19H21BrO3/c1-3-4-17-18(10-9-16(13(2)21)19(17)22)23-12-15-7-5-14(11-20)6-8-15/h5-10,22H,3-4,11-12H2,1-2H3. The van der Waals surface area contributed by atoms with E-state index < -0.39 is 0 Å². The third-order valence-corrected chi connectivity index (χ3v) is 4.34. The molecule has 0 aromatic heterocycles. The van der Waals surface area contributed by atoms with Gasteiger partial charge in [-0.05, 0) is 36.6 Å². The van der Waals surface area contributed by atoms with E-state index in [1.165, 1.54) is 12.5 Å². The molecule has 0 unspecified atom stereocenters. The Morgan fingerprint density at radius 3 is 2.35 bits per heavy atom. The van der Waals surface area contributed by atoms with Crippen LogP contribution in [-0.4, -0.2) is 10.9 Å². The van der Waals surface area contributed by atoms with Gasteiger partial charge in [0.05, 0.1) is 5.56 Å². The van der Waals surface area contributed by atoms with Gasteiger partial charge in [-0.3, -0.25) is 4.79 Å². The fourth-order valence-electron chi connectivity index (χ4n) is 2.41. The summed E-state index contributed by atoms with van der Waals surface area (Å²) in [5.74, 6) is 0.544. The van der Waals surface area contributed by atoms with E-state index in [4.69, 9.17) is 4.74 Å². The van der Waals surface area contributed by atoms with Crippen molar-refractivity contribution in [2.75, 3.05) is 0 Å². The van der Waals surface area contributed by atoms with Crippen molar-refractivity contribution in [3.05, 3.63) is 58.7 Å². The lowest BCUT2D eigenvalue weighted by molar-refractivity contribution is 0.101. The van der Waals surface area contributed by atoms with E-state index in [1.54, 1.807) is 12.1 Å². The Kier molecular flexibility index (Phi) is 6.22. The van der Waals surface area contributed by atoms with Crippen molar-refractivity contribution in [1.29, 1.82) is 0 Å². The molecule has 2 aromatic carbocycles. The van der Waals surface area contributed by atoms with Crippen LogP contribution >= 0.6 is 15.9 Å². The van der Waals surface area contributed by atoms with Gasteiger partial charge in [-0.25, -0.2) is 0 Å². The van der Waals surface area contributed by atoms with Crippen molar-refractivity contribution >= 4 is 21.7 Å². The van der Waals surface area contributed by atoms with Crippen LogP contribution < -0.4 is 4.74 Å². The second-order valence-corrected chi connectivity index (χ2v) is 6.04. The van der Waals surface area contributed by atoms with Crippen LogP contribution in [0.15, 0.2) is 36.4 Å². The van der Waals surface area contributed by atoms with E-state index in [0.717, 1.165) is 17.3 Å². The summed E-state index contributed by atoms with van der Waals surface area (Å²) in [7, 11) is 0. The van der Waals surface area contributed by atoms with Gasteiger partial charge in [-0.15, -0.1) is 0 Å². The molecule has 0 fully saturated rings. The van der Waals surface area contributed by atoms with Gasteiger partial charge in [0.2, 0.25) is 0 Å². The van der Waals surface area contributed by atoms with E-state index in [1.807, 2.05) is 19.1 Å². The SMILES string of the molecule is CCCc1c(OCc2ccc(CBr)cc2)ccc(C(C)=O)c1O. The average molecular weight is 377 g/mol. The average Bonchev–Trinajstić information content (AvgIpc) is 2.55. The molecule has 0 spiro atoms. The fourth-order valence-corrected chi connectivity index (χ4v) is 2.79. The van der Waals surface area contributed by atoms with E-state index >= 15 is 0 Å². The summed E-state index contributed by atoms with van der Waals surface area (Å²) in [6.07, 6.45) is 1.54. The molecule has 2 rings (SSSR count). The monoisotopic (exact) mass is 376 g/mol. The van der Waals surface area contributed by atoms with Crippen LogP contribution in [0.4, 0.5) is 0 Å². The van der Waals surface area contributed by atoms with Gasteiger partial charge in [0.15, 0.2) is 5.78 Å². The molecule has 1 N–H and O–H groups in total. The molecule has 0 saturated heterocycles. The summed E-state index contributed by atoms with van der Waals surface area (Å²) < 4.78 is 5.88. The third-order valence-electron chi connectivity index (χ3n) is 3.69. The molecule has 0 aliphatic rings. The Bertz CT molecular complexity index is 678. The zero-order valence-corrected chi connectivity index (χ0v) is 15.0. The number of Topliss-reactive ketones (excluding diaryl/α,β-unsaturated/α-hetero) is 1. The number of benzene rings is 2. The van der Waals surface area contributed by atoms with Crippen LogP contribution in [0.3, 0.4) is 0 Å². The quantitative estimate of drug-likeness (QED) is 0.544. The molecule has 0 heterocycles. The molecule has 0 aliphatic heterocycles. The van der Waals surface area contributed by atoms with Crippen LogP contribution in [0.1, 0.15) is 47.3 Å². The first-order chi connectivity index (χ1) is 11.1. The molecule has 2 aromatic rings. The number of hydrogen-bond donors (Lipinski definition) is 1. The minimum atomic E-state index is -0.142. The van der Waals surface area contributed by atoms with Gasteiger partial charge < -0.3 is 9.84 Å². The van der Waals surface area contributed by atoms with Gasteiger partial charge in [0.25, 0.3) is 0 Å². The summed E-state index contributed by atoms with van der Waals surface area (Å²) in [4.78, 5) is 11.6. The maximum atomic E-state index is 11.6. The topological polar surface area (TPSA) is 46.5 Å². The van der Waals surface area contributed by atoms with Gasteiger partial charge in [-0.1, -0.05) is 53.5 Å². The normalized spacial score (nSPS) is 10.6. The van der Waals surface area contributed by atoms with E-state index in [0.29, 0.717) is 29.9 Å². The first-order valence-corrected chi connectivity index (χ1v) is 8.81. The smallest absolute Gasteiger partial charge is 0.163 e. The zero-order valence-electron chi connectivity index (χ0n) is 13.4. The number of rotatable bonds is 7. The lowest BCUT2D eigenvalue weighted by Gasteiger charge is -2.15. The molecule has 0 radical (unpaired) electrons. The number of carbonyl (C=O) groups is 1. The highest BCUT2D eigenvalue weighted by molar-refractivity contribution is 9.08. The van der Waals surface area contributed by atoms with Crippen LogP contribution in [0, 0.1) is 0 Å². The zero-order chi connectivity index (χ0) is 16.8.